The van der Waals surface area contributed by atoms with Gasteiger partial charge in [-0.05, 0) is 42.0 Å². The lowest BCUT2D eigenvalue weighted by Crippen LogP contribution is -2.62. The average Bonchev–Trinajstić information content (AvgIpc) is 3.23. The van der Waals surface area contributed by atoms with E-state index in [1.807, 2.05) is 0 Å². The van der Waals surface area contributed by atoms with Gasteiger partial charge in [0.05, 0.1) is 34.5 Å². The summed E-state index contributed by atoms with van der Waals surface area (Å²) in [6.07, 6.45) is -16.1. The van der Waals surface area contributed by atoms with Crippen LogP contribution in [0.4, 0.5) is 0 Å². The van der Waals surface area contributed by atoms with Crippen molar-refractivity contribution in [3.05, 3.63) is 64.3 Å². The zero-order valence-electron chi connectivity index (χ0n) is 31.8. The number of hydrogen-bond acceptors (Lipinski definition) is 21. The minimum Gasteiger partial charge on any atom is -0.504 e. The molecule has 21 nitrogen and oxygen atoms in total. The van der Waals surface area contributed by atoms with E-state index in [4.69, 9.17) is 42.3 Å². The highest BCUT2D eigenvalue weighted by molar-refractivity contribution is 5.91. The lowest BCUT2D eigenvalue weighted by molar-refractivity contribution is -0.324. The lowest BCUT2D eigenvalue weighted by atomic mass is 9.98. The molecule has 10 unspecified atom stereocenters. The van der Waals surface area contributed by atoms with Gasteiger partial charge in [-0.1, -0.05) is 6.07 Å². The number of carbonyl (C=O) groups excluding carboxylic acids is 1. The molecule has 3 aromatic carbocycles. The van der Waals surface area contributed by atoms with Crippen LogP contribution in [0.3, 0.4) is 0 Å². The largest absolute Gasteiger partial charge is 0.504 e. The van der Waals surface area contributed by atoms with Crippen LogP contribution >= 0.6 is 0 Å². The van der Waals surface area contributed by atoms with E-state index in [1.54, 1.807) is 0 Å². The van der Waals surface area contributed by atoms with Crippen molar-refractivity contribution < 1.29 is 98.2 Å². The van der Waals surface area contributed by atoms with Crippen LogP contribution in [-0.4, -0.2) is 153 Å². The van der Waals surface area contributed by atoms with Gasteiger partial charge in [0.25, 0.3) is 0 Å². The molecule has 324 valence electrons. The predicted molar refractivity (Wildman–Crippen MR) is 201 cm³/mol. The number of fused-ring (bicyclic) bond motifs is 1. The van der Waals surface area contributed by atoms with E-state index < -0.39 is 120 Å². The summed E-state index contributed by atoms with van der Waals surface area (Å²) in [5, 5.41) is 105. The molecule has 0 amide bonds. The van der Waals surface area contributed by atoms with E-state index in [0.29, 0.717) is 5.56 Å². The van der Waals surface area contributed by atoms with Crippen molar-refractivity contribution in [2.45, 2.75) is 61.4 Å². The summed E-state index contributed by atoms with van der Waals surface area (Å²) in [6.45, 7) is -1.60. The van der Waals surface area contributed by atoms with Crippen molar-refractivity contribution in [1.82, 2.24) is 0 Å². The third-order valence-electron chi connectivity index (χ3n) is 9.72. The van der Waals surface area contributed by atoms with Crippen molar-refractivity contribution in [3.63, 3.8) is 0 Å². The van der Waals surface area contributed by atoms with Crippen LogP contribution in [0.25, 0.3) is 28.4 Å². The number of phenols is 4. The minimum atomic E-state index is -2.08. The number of esters is 1. The van der Waals surface area contributed by atoms with Gasteiger partial charge in [-0.15, -0.1) is 0 Å². The summed E-state index contributed by atoms with van der Waals surface area (Å²) >= 11 is 0. The van der Waals surface area contributed by atoms with Gasteiger partial charge in [0, 0.05) is 17.7 Å². The van der Waals surface area contributed by atoms with E-state index in [-0.39, 0.29) is 34.1 Å². The number of aromatic hydroxyl groups is 4. The molecule has 0 spiro atoms. The van der Waals surface area contributed by atoms with Crippen molar-refractivity contribution in [1.29, 1.82) is 0 Å². The Morgan fingerprint density at radius 3 is 2.05 bits per heavy atom. The molecule has 0 bridgehead atoms. The Morgan fingerprint density at radius 2 is 1.38 bits per heavy atom. The molecule has 6 rings (SSSR count). The van der Waals surface area contributed by atoms with Gasteiger partial charge >= 0.3 is 5.97 Å². The van der Waals surface area contributed by atoms with Crippen LogP contribution in [0, 0.1) is 0 Å². The fourth-order valence-electron chi connectivity index (χ4n) is 6.51. The molecular weight excluding hydrogens is 804 g/mol. The summed E-state index contributed by atoms with van der Waals surface area (Å²) < 4.78 is 49.5. The SMILES string of the molecule is COc1cc(C=CC(=O)OC2C(OCC3OC(Oc4c(-c5ccc(O)c(OC)c5)oc5cc(O)c(OC)c(O)c5c4=O)C(O)C(O)C3O)OC(CO)C(O)C2O)ccc1O. The van der Waals surface area contributed by atoms with Crippen LogP contribution in [0.5, 0.6) is 46.0 Å². The summed E-state index contributed by atoms with van der Waals surface area (Å²) in [5.41, 5.74) is -1.02. The number of hydrogen-bond donors (Lipinski definition) is 10. The molecule has 60 heavy (non-hydrogen) atoms. The number of phenolic OH excluding ortho intramolecular Hbond substituents is 4. The highest BCUT2D eigenvalue weighted by Crippen LogP contribution is 2.44. The molecule has 2 fully saturated rings. The van der Waals surface area contributed by atoms with Crippen molar-refractivity contribution in [3.8, 4) is 57.3 Å². The normalized spacial score (nSPS) is 26.8. The first-order valence-electron chi connectivity index (χ1n) is 17.9. The standard InChI is InChI=1S/C39H42O21/c1-52-20-10-15(4-7-17(20)41)5-9-25(44)59-37-32(50)27(45)23(13-40)57-39(37)55-14-24-28(46)31(49)33(51)38(58-24)60-36-30(48)26-22(12-19(43)35(54-3)29(26)47)56-34(36)16-6-8-18(42)21(11-16)53-2/h4-12,23-24,27-28,31-33,37-43,45-47,49-51H,13-14H2,1-3H3. The van der Waals surface area contributed by atoms with Crippen LogP contribution in [0.1, 0.15) is 5.56 Å². The van der Waals surface area contributed by atoms with E-state index in [0.717, 1.165) is 19.3 Å². The van der Waals surface area contributed by atoms with E-state index >= 15 is 0 Å². The Hall–Kier alpha value is -5.88. The minimum absolute atomic E-state index is 0.0334. The third kappa shape index (κ3) is 8.56. The molecule has 0 aliphatic carbocycles. The van der Waals surface area contributed by atoms with Gasteiger partial charge < -0.3 is 93.4 Å². The van der Waals surface area contributed by atoms with E-state index in [2.05, 4.69) is 0 Å². The summed E-state index contributed by atoms with van der Waals surface area (Å²) in [6, 6.07) is 8.93. The number of aliphatic hydroxyl groups is 6. The fraction of sp³-hybridized carbons (Fsp3) is 0.385. The van der Waals surface area contributed by atoms with E-state index in [9.17, 15) is 60.7 Å². The second kappa shape index (κ2) is 18.2. The molecule has 1 aromatic heterocycles. The molecule has 0 saturated carbocycles. The van der Waals surface area contributed by atoms with Crippen molar-refractivity contribution in [2.24, 2.45) is 0 Å². The highest BCUT2D eigenvalue weighted by Gasteiger charge is 2.50. The quantitative estimate of drug-likeness (QED) is 0.0603. The molecule has 21 heteroatoms. The Labute approximate surface area is 338 Å². The maximum atomic E-state index is 14.1. The molecule has 3 heterocycles. The summed E-state index contributed by atoms with van der Waals surface area (Å²) in [4.78, 5) is 27.0. The second-order valence-corrected chi connectivity index (χ2v) is 13.5. The number of rotatable bonds is 13. The Morgan fingerprint density at radius 1 is 0.733 bits per heavy atom. The van der Waals surface area contributed by atoms with Gasteiger partial charge in [-0.3, -0.25) is 4.79 Å². The Kier molecular flexibility index (Phi) is 13.2. The Bertz CT molecular complexity index is 2270. The molecule has 2 aliphatic heterocycles. The average molecular weight is 847 g/mol. The molecule has 0 radical (unpaired) electrons. The maximum absolute atomic E-state index is 14.1. The van der Waals surface area contributed by atoms with Crippen molar-refractivity contribution in [2.75, 3.05) is 34.5 Å². The monoisotopic (exact) mass is 846 g/mol. The number of aliphatic hydroxyl groups excluding tert-OH is 6. The first-order chi connectivity index (χ1) is 28.6. The number of benzene rings is 3. The molecular formula is C39H42O21. The lowest BCUT2D eigenvalue weighted by Gasteiger charge is -2.43. The van der Waals surface area contributed by atoms with Crippen molar-refractivity contribution >= 4 is 23.0 Å². The first-order valence-corrected chi connectivity index (χ1v) is 17.9. The van der Waals surface area contributed by atoms with Gasteiger partial charge in [0.15, 0.2) is 52.7 Å². The predicted octanol–water partition coefficient (Wildman–Crippen LogP) is -0.425. The van der Waals surface area contributed by atoms with Crippen LogP contribution in [0.15, 0.2) is 57.8 Å². The van der Waals surface area contributed by atoms with Gasteiger partial charge in [0.1, 0.15) is 53.7 Å². The molecule has 2 saturated heterocycles. The third-order valence-corrected chi connectivity index (χ3v) is 9.72. The zero-order chi connectivity index (χ0) is 43.6. The second-order valence-electron chi connectivity index (χ2n) is 13.5. The smallest absolute Gasteiger partial charge is 0.331 e. The molecule has 2 aliphatic rings. The molecule has 10 N–H and O–H groups in total. The van der Waals surface area contributed by atoms with E-state index in [1.165, 1.54) is 56.7 Å². The molecule has 4 aromatic rings. The Balaban J connectivity index is 1.28. The number of methoxy groups -OCH3 is 3. The first kappa shape index (κ1) is 43.7. The zero-order valence-corrected chi connectivity index (χ0v) is 31.8. The number of ether oxygens (including phenoxy) is 8. The van der Waals surface area contributed by atoms with Crippen LogP contribution < -0.4 is 24.4 Å². The number of carbonyl (C=O) groups is 1. The maximum Gasteiger partial charge on any atom is 0.331 e. The van der Waals surface area contributed by atoms with Gasteiger partial charge in [-0.25, -0.2) is 4.79 Å². The van der Waals surface area contributed by atoms with Gasteiger partial charge in [0.2, 0.25) is 23.2 Å². The van der Waals surface area contributed by atoms with Gasteiger partial charge in [-0.2, -0.15) is 0 Å². The topological polar surface area (TPSA) is 323 Å². The van der Waals surface area contributed by atoms with Crippen LogP contribution in [-0.2, 0) is 23.7 Å². The summed E-state index contributed by atoms with van der Waals surface area (Å²) in [7, 11) is 3.69. The summed E-state index contributed by atoms with van der Waals surface area (Å²) in [5.74, 6) is -4.55. The van der Waals surface area contributed by atoms with Crippen LogP contribution in [0.2, 0.25) is 0 Å². The highest BCUT2D eigenvalue weighted by atomic mass is 16.7. The fourth-order valence-corrected chi connectivity index (χ4v) is 6.51. The molecule has 10 atom stereocenters.